The minimum Gasteiger partial charge on any atom is -0.386 e. The molecule has 1 heterocycles. The molecule has 2 aliphatic rings. The summed E-state index contributed by atoms with van der Waals surface area (Å²) in [5.41, 5.74) is 6.83. The van der Waals surface area contributed by atoms with E-state index in [4.69, 9.17) is 5.73 Å². The minimum absolute atomic E-state index is 0.528. The molecule has 0 aromatic rings. The first-order valence-electron chi connectivity index (χ1n) is 4.17. The molecule has 1 aliphatic heterocycles. The largest absolute Gasteiger partial charge is 0.386 e. The lowest BCUT2D eigenvalue weighted by Crippen LogP contribution is -2.25. The van der Waals surface area contributed by atoms with Crippen molar-refractivity contribution < 1.29 is 0 Å². The van der Waals surface area contributed by atoms with Gasteiger partial charge in [0.05, 0.1) is 0 Å². The van der Waals surface area contributed by atoms with Gasteiger partial charge in [-0.25, -0.2) is 0 Å². The van der Waals surface area contributed by atoms with E-state index in [2.05, 4.69) is 17.1 Å². The lowest BCUT2D eigenvalue weighted by Gasteiger charge is -2.15. The second-order valence-corrected chi connectivity index (χ2v) is 3.50. The Labute approximate surface area is 66.4 Å². The number of nitrogens with two attached hydrogens (primary N) is 1. The van der Waals surface area contributed by atoms with Gasteiger partial charge in [0.25, 0.3) is 0 Å². The third-order valence-corrected chi connectivity index (χ3v) is 2.31. The van der Waals surface area contributed by atoms with E-state index >= 15 is 0 Å². The molecule has 0 amide bonds. The van der Waals surface area contributed by atoms with Gasteiger partial charge in [0, 0.05) is 18.1 Å². The quantitative estimate of drug-likeness (QED) is 0.600. The highest BCUT2D eigenvalue weighted by atomic mass is 15.2. The summed E-state index contributed by atoms with van der Waals surface area (Å²) in [5.74, 6) is 1.95. The third-order valence-electron chi connectivity index (χ3n) is 2.31. The topological polar surface area (TPSA) is 50.7 Å². The lowest BCUT2D eigenvalue weighted by molar-refractivity contribution is 0.751. The monoisotopic (exact) mass is 151 g/mol. The van der Waals surface area contributed by atoms with Gasteiger partial charge in [-0.1, -0.05) is 6.92 Å². The Morgan fingerprint density at radius 3 is 2.64 bits per heavy atom. The molecular weight excluding hydrogens is 138 g/mol. The fourth-order valence-electron chi connectivity index (χ4n) is 1.54. The maximum Gasteiger partial charge on any atom is 0.123 e. The SMILES string of the molecule is CC1CC(N)=NN=C1C1CC1. The summed E-state index contributed by atoms with van der Waals surface area (Å²) in [5, 5.41) is 8.04. The molecular formula is C8H13N3. The molecule has 60 valence electrons. The Morgan fingerprint density at radius 2 is 2.09 bits per heavy atom. The number of amidine groups is 1. The Kier molecular flexibility index (Phi) is 1.44. The average Bonchev–Trinajstić information content (AvgIpc) is 2.70. The predicted molar refractivity (Wildman–Crippen MR) is 45.6 cm³/mol. The van der Waals surface area contributed by atoms with Gasteiger partial charge in [-0.05, 0) is 18.8 Å². The summed E-state index contributed by atoms with van der Waals surface area (Å²) >= 11 is 0. The second kappa shape index (κ2) is 2.32. The van der Waals surface area contributed by atoms with Crippen molar-refractivity contribution in [2.45, 2.75) is 26.2 Å². The summed E-state index contributed by atoms with van der Waals surface area (Å²) in [7, 11) is 0. The van der Waals surface area contributed by atoms with E-state index in [0.717, 1.165) is 12.3 Å². The average molecular weight is 151 g/mol. The van der Waals surface area contributed by atoms with Crippen LogP contribution in [0.3, 0.4) is 0 Å². The van der Waals surface area contributed by atoms with E-state index in [1.54, 1.807) is 0 Å². The molecule has 3 nitrogen and oxygen atoms in total. The van der Waals surface area contributed by atoms with Crippen LogP contribution < -0.4 is 5.73 Å². The third kappa shape index (κ3) is 1.27. The Hall–Kier alpha value is -0.860. The van der Waals surface area contributed by atoms with Crippen molar-refractivity contribution in [1.29, 1.82) is 0 Å². The molecule has 1 atom stereocenters. The number of hydrogen-bond acceptors (Lipinski definition) is 3. The van der Waals surface area contributed by atoms with Gasteiger partial charge < -0.3 is 5.73 Å². The second-order valence-electron chi connectivity index (χ2n) is 3.50. The van der Waals surface area contributed by atoms with Crippen LogP contribution in [0.4, 0.5) is 0 Å². The smallest absolute Gasteiger partial charge is 0.123 e. The molecule has 1 aliphatic carbocycles. The van der Waals surface area contributed by atoms with Crippen LogP contribution in [-0.4, -0.2) is 11.5 Å². The maximum atomic E-state index is 5.55. The van der Waals surface area contributed by atoms with Crippen molar-refractivity contribution in [3.63, 3.8) is 0 Å². The number of hydrogen-bond donors (Lipinski definition) is 1. The van der Waals surface area contributed by atoms with Crippen molar-refractivity contribution >= 4 is 11.5 Å². The highest BCUT2D eigenvalue weighted by molar-refractivity contribution is 5.97. The molecule has 1 unspecified atom stereocenters. The van der Waals surface area contributed by atoms with Crippen LogP contribution >= 0.6 is 0 Å². The van der Waals surface area contributed by atoms with Gasteiger partial charge >= 0.3 is 0 Å². The molecule has 1 saturated carbocycles. The van der Waals surface area contributed by atoms with Gasteiger partial charge in [0.1, 0.15) is 5.84 Å². The molecule has 0 radical (unpaired) electrons. The standard InChI is InChI=1S/C8H13N3/c1-5-4-7(9)10-11-8(5)6-2-3-6/h5-6H,2-4H2,1H3,(H2,9,10). The molecule has 0 saturated heterocycles. The van der Waals surface area contributed by atoms with E-state index < -0.39 is 0 Å². The summed E-state index contributed by atoms with van der Waals surface area (Å²) < 4.78 is 0. The van der Waals surface area contributed by atoms with E-state index in [1.165, 1.54) is 18.6 Å². The number of rotatable bonds is 1. The van der Waals surface area contributed by atoms with Crippen LogP contribution in [0.25, 0.3) is 0 Å². The zero-order valence-corrected chi connectivity index (χ0v) is 6.75. The Bertz CT molecular complexity index is 225. The first-order chi connectivity index (χ1) is 5.27. The van der Waals surface area contributed by atoms with Gasteiger partial charge in [0.15, 0.2) is 0 Å². The van der Waals surface area contributed by atoms with Crippen LogP contribution in [0, 0.1) is 11.8 Å². The summed E-state index contributed by atoms with van der Waals surface area (Å²) in [6.45, 7) is 2.18. The van der Waals surface area contributed by atoms with Gasteiger partial charge in [-0.2, -0.15) is 5.10 Å². The highest BCUT2D eigenvalue weighted by Crippen LogP contribution is 2.35. The highest BCUT2D eigenvalue weighted by Gasteiger charge is 2.32. The minimum atomic E-state index is 0.528. The van der Waals surface area contributed by atoms with Crippen LogP contribution in [-0.2, 0) is 0 Å². The summed E-state index contributed by atoms with van der Waals surface area (Å²) in [4.78, 5) is 0. The first kappa shape index (κ1) is 6.83. The normalized spacial score (nSPS) is 31.2. The van der Waals surface area contributed by atoms with Crippen LogP contribution in [0.1, 0.15) is 26.2 Å². The molecule has 0 spiro atoms. The van der Waals surface area contributed by atoms with Crippen molar-refractivity contribution in [2.75, 3.05) is 0 Å². The van der Waals surface area contributed by atoms with Gasteiger partial charge in [-0.3, -0.25) is 0 Å². The van der Waals surface area contributed by atoms with Crippen molar-refractivity contribution in [3.05, 3.63) is 0 Å². The number of nitrogens with zero attached hydrogens (tertiary/aromatic N) is 2. The van der Waals surface area contributed by atoms with E-state index in [-0.39, 0.29) is 0 Å². The molecule has 0 bridgehead atoms. The van der Waals surface area contributed by atoms with E-state index in [1.807, 2.05) is 0 Å². The molecule has 1 fully saturated rings. The molecule has 3 heteroatoms. The van der Waals surface area contributed by atoms with Crippen LogP contribution in [0.15, 0.2) is 10.2 Å². The van der Waals surface area contributed by atoms with Crippen molar-refractivity contribution in [2.24, 2.45) is 27.8 Å². The lowest BCUT2D eigenvalue weighted by atomic mass is 9.97. The zero-order chi connectivity index (χ0) is 7.84. The van der Waals surface area contributed by atoms with E-state index in [0.29, 0.717) is 11.8 Å². The molecule has 2 N–H and O–H groups in total. The summed E-state index contributed by atoms with van der Waals surface area (Å²) in [6, 6.07) is 0. The van der Waals surface area contributed by atoms with Crippen LogP contribution in [0.5, 0.6) is 0 Å². The fraction of sp³-hybridized carbons (Fsp3) is 0.750. The van der Waals surface area contributed by atoms with Crippen molar-refractivity contribution in [1.82, 2.24) is 0 Å². The molecule has 0 aromatic carbocycles. The Morgan fingerprint density at radius 1 is 1.36 bits per heavy atom. The fourth-order valence-corrected chi connectivity index (χ4v) is 1.54. The van der Waals surface area contributed by atoms with Crippen molar-refractivity contribution in [3.8, 4) is 0 Å². The summed E-state index contributed by atoms with van der Waals surface area (Å²) in [6.07, 6.45) is 3.51. The molecule has 0 aromatic heterocycles. The maximum absolute atomic E-state index is 5.55. The Balaban J connectivity index is 2.16. The zero-order valence-electron chi connectivity index (χ0n) is 6.75. The van der Waals surface area contributed by atoms with Gasteiger partial charge in [-0.15, -0.1) is 5.10 Å². The van der Waals surface area contributed by atoms with Crippen LogP contribution in [0.2, 0.25) is 0 Å². The predicted octanol–water partition coefficient (Wildman–Crippen LogP) is 1.15. The van der Waals surface area contributed by atoms with Gasteiger partial charge in [0.2, 0.25) is 0 Å². The first-order valence-corrected chi connectivity index (χ1v) is 4.17. The molecule has 2 rings (SSSR count). The van der Waals surface area contributed by atoms with E-state index in [9.17, 15) is 0 Å². The molecule has 11 heavy (non-hydrogen) atoms.